The van der Waals surface area contributed by atoms with E-state index in [0.717, 1.165) is 87.4 Å². The summed E-state index contributed by atoms with van der Waals surface area (Å²) >= 11 is 0. The quantitative estimate of drug-likeness (QED) is 0.401. The molecule has 2 spiro atoms. The van der Waals surface area contributed by atoms with Crippen molar-refractivity contribution in [3.63, 3.8) is 0 Å². The lowest BCUT2D eigenvalue weighted by atomic mass is 9.68. The predicted octanol–water partition coefficient (Wildman–Crippen LogP) is 3.92. The fourth-order valence-electron chi connectivity index (χ4n) is 9.06. The summed E-state index contributed by atoms with van der Waals surface area (Å²) in [6.07, 6.45) is 7.77. The maximum Gasteiger partial charge on any atom is 0.219 e. The first-order valence-electron chi connectivity index (χ1n) is 16.8. The van der Waals surface area contributed by atoms with Gasteiger partial charge in [-0.25, -0.2) is 4.98 Å². The van der Waals surface area contributed by atoms with E-state index in [-0.39, 0.29) is 23.8 Å². The highest BCUT2D eigenvalue weighted by molar-refractivity contribution is 5.68. The maximum atomic E-state index is 10.1. The zero-order chi connectivity index (χ0) is 31.8. The van der Waals surface area contributed by atoms with Gasteiger partial charge in [-0.15, -0.1) is 0 Å². The fraction of sp³-hybridized carbons (Fsp3) is 0.600. The summed E-state index contributed by atoms with van der Waals surface area (Å²) in [7, 11) is 6.15. The number of hydrogen-bond acceptors (Lipinski definition) is 11. The summed E-state index contributed by atoms with van der Waals surface area (Å²) in [5, 5.41) is 14.8. The molecule has 4 atom stereocenters. The lowest BCUT2D eigenvalue weighted by Crippen LogP contribution is -2.53. The number of hydrogen-bond donors (Lipinski definition) is 1. The van der Waals surface area contributed by atoms with Crippen molar-refractivity contribution in [3.8, 4) is 23.5 Å². The number of rotatable bonds is 6. The van der Waals surface area contributed by atoms with Crippen molar-refractivity contribution in [2.75, 3.05) is 58.0 Å². The highest BCUT2D eigenvalue weighted by Crippen LogP contribution is 2.54. The summed E-state index contributed by atoms with van der Waals surface area (Å²) in [6, 6.07) is 8.45. The Morgan fingerprint density at radius 3 is 2.74 bits per heavy atom. The summed E-state index contributed by atoms with van der Waals surface area (Å²) in [5.41, 5.74) is 11.1. The molecule has 11 heteroatoms. The number of anilines is 2. The number of nitrogens with zero attached hydrogens (tertiary/aromatic N) is 7. The third-order valence-electron chi connectivity index (χ3n) is 11.8. The molecule has 1 aromatic carbocycles. The van der Waals surface area contributed by atoms with Crippen LogP contribution in [0.2, 0.25) is 0 Å². The molecule has 2 saturated heterocycles. The molecule has 2 aliphatic heterocycles. The summed E-state index contributed by atoms with van der Waals surface area (Å²) in [5.74, 6) is 2.77. The Morgan fingerprint density at radius 1 is 1.11 bits per heavy atom. The molecule has 8 rings (SSSR count). The van der Waals surface area contributed by atoms with Gasteiger partial charge >= 0.3 is 0 Å². The topological polar surface area (TPSA) is 130 Å². The number of aryl methyl sites for hydroxylation is 1. The summed E-state index contributed by atoms with van der Waals surface area (Å²) in [4.78, 5) is 17.4. The second-order valence-electron chi connectivity index (χ2n) is 14.3. The molecule has 0 bridgehead atoms. The smallest absolute Gasteiger partial charge is 0.219 e. The highest BCUT2D eigenvalue weighted by atomic mass is 16.5. The predicted molar refractivity (Wildman–Crippen MR) is 174 cm³/mol. The van der Waals surface area contributed by atoms with Crippen LogP contribution in [0.15, 0.2) is 22.7 Å². The number of ether oxygens (including phenoxy) is 2. The van der Waals surface area contributed by atoms with E-state index < -0.39 is 5.41 Å². The zero-order valence-electron chi connectivity index (χ0n) is 27.4. The van der Waals surface area contributed by atoms with Gasteiger partial charge in [-0.05, 0) is 89.6 Å². The molecule has 4 heterocycles. The van der Waals surface area contributed by atoms with Crippen LogP contribution in [0.25, 0.3) is 11.5 Å². The molecule has 2 N–H and O–H groups in total. The van der Waals surface area contributed by atoms with Crippen molar-refractivity contribution in [3.05, 3.63) is 46.2 Å². The number of methoxy groups -OCH3 is 1. The van der Waals surface area contributed by atoms with Gasteiger partial charge < -0.3 is 24.6 Å². The van der Waals surface area contributed by atoms with Crippen LogP contribution in [0.3, 0.4) is 0 Å². The van der Waals surface area contributed by atoms with E-state index >= 15 is 0 Å². The molecule has 46 heavy (non-hydrogen) atoms. The Balaban J connectivity index is 1.20. The van der Waals surface area contributed by atoms with Gasteiger partial charge in [0.25, 0.3) is 0 Å². The number of nitrogens with two attached hydrogens (primary N) is 1. The first-order valence-corrected chi connectivity index (χ1v) is 16.8. The van der Waals surface area contributed by atoms with Crippen molar-refractivity contribution in [2.45, 2.75) is 87.5 Å². The number of piperazine rings is 1. The van der Waals surface area contributed by atoms with Gasteiger partial charge in [-0.1, -0.05) is 11.2 Å². The van der Waals surface area contributed by atoms with Crippen molar-refractivity contribution < 1.29 is 14.0 Å². The molecule has 2 aromatic heterocycles. The normalized spacial score (nSPS) is 27.5. The van der Waals surface area contributed by atoms with E-state index in [1.807, 2.05) is 12.1 Å². The number of likely N-dealkylation sites (tertiary alicyclic amines) is 1. The van der Waals surface area contributed by atoms with Crippen LogP contribution in [0.4, 0.5) is 11.5 Å². The molecule has 4 unspecified atom stereocenters. The standard InChI is InChI=1S/C35H44N8O3/c1-21(31-26(44-4)10-15-41(31)2)45-28-18-27(43-17-16-42(3)34(20-43)13-14-34)38-33(39-28)30-23-6-5-11-35(32(23)46-40-30)12-9-22-7-8-25(37)24(19-36)29(22)35/h7-8,18,21,26,31H,5-6,9-17,20,37H2,1-4H3. The van der Waals surface area contributed by atoms with Gasteiger partial charge in [-0.2, -0.15) is 10.2 Å². The van der Waals surface area contributed by atoms with Crippen molar-refractivity contribution in [2.24, 2.45) is 0 Å². The minimum absolute atomic E-state index is 0.105. The maximum absolute atomic E-state index is 10.1. The molecule has 11 nitrogen and oxygen atoms in total. The lowest BCUT2D eigenvalue weighted by molar-refractivity contribution is 0.0174. The second-order valence-corrected chi connectivity index (χ2v) is 14.3. The third kappa shape index (κ3) is 4.52. The van der Waals surface area contributed by atoms with Crippen LogP contribution in [-0.2, 0) is 23.0 Å². The summed E-state index contributed by atoms with van der Waals surface area (Å²) < 4.78 is 18.8. The third-order valence-corrected chi connectivity index (χ3v) is 11.8. The first-order chi connectivity index (χ1) is 22.3. The van der Waals surface area contributed by atoms with E-state index in [0.29, 0.717) is 28.6 Å². The van der Waals surface area contributed by atoms with Gasteiger partial charge in [0.1, 0.15) is 18.0 Å². The first kappa shape index (κ1) is 29.7. The molecule has 3 aliphatic carbocycles. The summed E-state index contributed by atoms with van der Waals surface area (Å²) in [6.45, 7) is 5.87. The second kappa shape index (κ2) is 10.9. The van der Waals surface area contributed by atoms with Crippen LogP contribution < -0.4 is 15.4 Å². The SMILES string of the molecule is COC1CCN(C)C1C(C)Oc1cc(N2CCN(C)C3(CC3)C2)nc(-c2noc3c2CCCC32CCc3ccc(N)c(C#N)c32)n1. The number of aromatic nitrogens is 3. The van der Waals surface area contributed by atoms with Crippen LogP contribution in [0.5, 0.6) is 5.88 Å². The Labute approximate surface area is 270 Å². The monoisotopic (exact) mass is 624 g/mol. The van der Waals surface area contributed by atoms with E-state index in [4.69, 9.17) is 29.7 Å². The van der Waals surface area contributed by atoms with Crippen LogP contribution in [0.1, 0.15) is 73.5 Å². The van der Waals surface area contributed by atoms with Gasteiger partial charge in [0.15, 0.2) is 17.3 Å². The molecule has 242 valence electrons. The van der Waals surface area contributed by atoms with E-state index in [1.54, 1.807) is 7.11 Å². The lowest BCUT2D eigenvalue weighted by Gasteiger charge is -2.40. The number of fused-ring (bicyclic) bond motifs is 4. The van der Waals surface area contributed by atoms with Gasteiger partial charge in [0, 0.05) is 56.1 Å². The molecular formula is C35H44N8O3. The molecule has 1 saturated carbocycles. The number of benzene rings is 1. The average Bonchev–Trinajstić information content (AvgIpc) is 3.34. The van der Waals surface area contributed by atoms with E-state index in [1.165, 1.54) is 18.4 Å². The Bertz CT molecular complexity index is 1710. The van der Waals surface area contributed by atoms with Crippen LogP contribution in [0, 0.1) is 11.3 Å². The Morgan fingerprint density at radius 2 is 1.96 bits per heavy atom. The van der Waals surface area contributed by atoms with Gasteiger partial charge in [0.2, 0.25) is 5.88 Å². The van der Waals surface area contributed by atoms with Crippen LogP contribution >= 0.6 is 0 Å². The largest absolute Gasteiger partial charge is 0.473 e. The number of nitriles is 1. The molecular weight excluding hydrogens is 580 g/mol. The highest BCUT2D eigenvalue weighted by Gasteiger charge is 2.51. The average molecular weight is 625 g/mol. The van der Waals surface area contributed by atoms with Crippen LogP contribution in [-0.4, -0.2) is 96.1 Å². The van der Waals surface area contributed by atoms with E-state index in [9.17, 15) is 5.26 Å². The van der Waals surface area contributed by atoms with Gasteiger partial charge in [0.05, 0.1) is 23.1 Å². The zero-order valence-corrected chi connectivity index (χ0v) is 27.4. The van der Waals surface area contributed by atoms with Gasteiger partial charge in [-0.3, -0.25) is 9.80 Å². The van der Waals surface area contributed by atoms with E-state index in [2.05, 4.69) is 53.0 Å². The molecule has 3 aromatic rings. The molecule has 0 amide bonds. The van der Waals surface area contributed by atoms with Crippen molar-refractivity contribution in [1.82, 2.24) is 24.9 Å². The molecule has 0 radical (unpaired) electrons. The number of nitrogen functional groups attached to an aromatic ring is 1. The minimum Gasteiger partial charge on any atom is -0.473 e. The van der Waals surface area contributed by atoms with Crippen molar-refractivity contribution in [1.29, 1.82) is 5.26 Å². The fourth-order valence-corrected chi connectivity index (χ4v) is 9.06. The molecule has 5 aliphatic rings. The molecule has 3 fully saturated rings. The number of likely N-dealkylation sites (N-methyl/N-ethyl adjacent to an activating group) is 2. The Hall–Kier alpha value is -3.72. The minimum atomic E-state index is -0.419. The van der Waals surface area contributed by atoms with Crippen molar-refractivity contribution >= 4 is 11.5 Å². The Kier molecular flexibility index (Phi) is 7.05.